The highest BCUT2D eigenvalue weighted by Gasteiger charge is 2.85. The lowest BCUT2D eigenvalue weighted by atomic mass is 9.43. The van der Waals surface area contributed by atoms with Crippen LogP contribution in [0.4, 0.5) is 0 Å². The van der Waals surface area contributed by atoms with E-state index in [1.165, 1.54) is 0 Å². The van der Waals surface area contributed by atoms with Gasteiger partial charge >= 0.3 is 5.97 Å². The third-order valence-electron chi connectivity index (χ3n) is 12.1. The summed E-state index contributed by atoms with van der Waals surface area (Å²) in [6.07, 6.45) is 3.21. The van der Waals surface area contributed by atoms with Crippen LogP contribution in [0, 0.1) is 39.9 Å². The van der Waals surface area contributed by atoms with Crippen LogP contribution in [0.1, 0.15) is 56.3 Å². The van der Waals surface area contributed by atoms with Gasteiger partial charge < -0.3 is 19.7 Å². The first-order valence-corrected chi connectivity index (χ1v) is 13.9. The minimum Gasteiger partial charge on any atom is -0.497 e. The lowest BCUT2D eigenvalue weighted by molar-refractivity contribution is -0.218. The summed E-state index contributed by atoms with van der Waals surface area (Å²) >= 11 is 0. The Hall–Kier alpha value is -1.89. The first-order valence-electron chi connectivity index (χ1n) is 13.9. The maximum atomic E-state index is 13.2. The molecule has 6 fully saturated rings. The Labute approximate surface area is 213 Å². The summed E-state index contributed by atoms with van der Waals surface area (Å²) in [6, 6.07) is 7.31. The minimum atomic E-state index is -0.595. The number of carbonyl (C=O) groups is 1. The molecule has 0 radical (unpaired) electrons. The maximum absolute atomic E-state index is 13.2. The molecular weight excluding hydrogens is 454 g/mol. The summed E-state index contributed by atoms with van der Waals surface area (Å²) in [5.41, 5.74) is 1.02. The van der Waals surface area contributed by atoms with Crippen LogP contribution in [0.3, 0.4) is 0 Å². The molecule has 1 saturated heterocycles. The number of ether oxygens (including phenoxy) is 2. The minimum absolute atomic E-state index is 0.0313. The van der Waals surface area contributed by atoms with Gasteiger partial charge in [0.1, 0.15) is 11.9 Å². The standard InChI is InChI=1S/C30H39NO5/c1-5-31-15-28(3)11-10-24(32)30-22(28)12-20(25(30)31)29-14-19(16(2)26(29)33)21(13-23(29)30)36-27(34)17-6-8-18(35-4)9-7-17/h6-9,19-26,32-33H,2,5,10-15H2,1,3-4H3/t19-,20+,21+,22-,23-,24+,25+,26-,28+,29+,30+/m1/s1. The number of benzene rings is 1. The Morgan fingerprint density at radius 1 is 1.19 bits per heavy atom. The monoisotopic (exact) mass is 493 g/mol. The highest BCUT2D eigenvalue weighted by molar-refractivity contribution is 5.89. The van der Waals surface area contributed by atoms with Gasteiger partial charge in [-0.15, -0.1) is 0 Å². The quantitative estimate of drug-likeness (QED) is 0.492. The number of aliphatic hydroxyl groups excluding tert-OH is 2. The highest BCUT2D eigenvalue weighted by atomic mass is 16.5. The zero-order chi connectivity index (χ0) is 25.2. The van der Waals surface area contributed by atoms with E-state index in [2.05, 4.69) is 25.3 Å². The second-order valence-corrected chi connectivity index (χ2v) is 13.0. The van der Waals surface area contributed by atoms with Crippen LogP contribution in [0.15, 0.2) is 36.4 Å². The molecule has 2 spiro atoms. The van der Waals surface area contributed by atoms with Gasteiger partial charge in [-0.25, -0.2) is 4.79 Å². The summed E-state index contributed by atoms with van der Waals surface area (Å²) < 4.78 is 11.5. The zero-order valence-corrected chi connectivity index (χ0v) is 21.7. The van der Waals surface area contributed by atoms with Crippen molar-refractivity contribution in [1.82, 2.24) is 4.90 Å². The van der Waals surface area contributed by atoms with Crippen molar-refractivity contribution in [2.24, 2.45) is 39.9 Å². The summed E-state index contributed by atoms with van der Waals surface area (Å²) in [5, 5.41) is 23.7. The molecule has 1 aromatic carbocycles. The molecule has 6 heteroatoms. The van der Waals surface area contributed by atoms with Gasteiger partial charge in [-0.1, -0.05) is 20.4 Å². The normalized spacial score (nSPS) is 50.2. The maximum Gasteiger partial charge on any atom is 0.338 e. The molecule has 0 aromatic heterocycles. The number of hydrogen-bond donors (Lipinski definition) is 2. The lowest BCUT2D eigenvalue weighted by Crippen LogP contribution is -2.68. The number of rotatable bonds is 4. The van der Waals surface area contributed by atoms with E-state index in [9.17, 15) is 15.0 Å². The van der Waals surface area contributed by atoms with E-state index in [0.717, 1.165) is 44.3 Å². The number of nitrogens with zero attached hydrogens (tertiary/aromatic N) is 1. The van der Waals surface area contributed by atoms with E-state index in [4.69, 9.17) is 9.47 Å². The van der Waals surface area contributed by atoms with Crippen molar-refractivity contribution in [3.8, 4) is 5.75 Å². The summed E-state index contributed by atoms with van der Waals surface area (Å²) in [4.78, 5) is 15.9. The summed E-state index contributed by atoms with van der Waals surface area (Å²) in [5.74, 6) is 1.27. The zero-order valence-electron chi connectivity index (χ0n) is 21.7. The summed E-state index contributed by atoms with van der Waals surface area (Å²) in [6.45, 7) is 11.1. The molecule has 1 aromatic rings. The molecule has 1 aliphatic heterocycles. The number of methoxy groups -OCH3 is 1. The smallest absolute Gasteiger partial charge is 0.338 e. The predicted molar refractivity (Wildman–Crippen MR) is 134 cm³/mol. The van der Waals surface area contributed by atoms with Crippen molar-refractivity contribution in [1.29, 1.82) is 0 Å². The third kappa shape index (κ3) is 2.47. The number of likely N-dealkylation sites (tertiary alicyclic amines) is 1. The van der Waals surface area contributed by atoms with E-state index >= 15 is 0 Å². The van der Waals surface area contributed by atoms with Crippen molar-refractivity contribution in [2.75, 3.05) is 20.2 Å². The average Bonchev–Trinajstić information content (AvgIpc) is 3.41. The number of hydrogen-bond acceptors (Lipinski definition) is 6. The summed E-state index contributed by atoms with van der Waals surface area (Å²) in [7, 11) is 1.60. The number of aliphatic hydroxyl groups is 2. The van der Waals surface area contributed by atoms with Crippen molar-refractivity contribution < 1.29 is 24.5 Å². The number of piperidine rings is 1. The van der Waals surface area contributed by atoms with E-state index < -0.39 is 6.10 Å². The van der Waals surface area contributed by atoms with Crippen LogP contribution < -0.4 is 4.74 Å². The molecule has 6 nitrogen and oxygen atoms in total. The molecule has 5 aliphatic carbocycles. The van der Waals surface area contributed by atoms with Crippen LogP contribution in [0.2, 0.25) is 0 Å². The number of fused-ring (bicyclic) bond motifs is 1. The van der Waals surface area contributed by atoms with Gasteiger partial charge in [0.25, 0.3) is 0 Å². The Morgan fingerprint density at radius 3 is 2.64 bits per heavy atom. The number of esters is 1. The predicted octanol–water partition coefficient (Wildman–Crippen LogP) is 3.67. The van der Waals surface area contributed by atoms with Crippen molar-refractivity contribution >= 4 is 5.97 Å². The molecule has 7 bridgehead atoms. The van der Waals surface area contributed by atoms with E-state index in [1.807, 2.05) is 0 Å². The fourth-order valence-electron chi connectivity index (χ4n) is 11.0. The van der Waals surface area contributed by atoms with Crippen LogP contribution in [-0.2, 0) is 4.74 Å². The van der Waals surface area contributed by atoms with Gasteiger partial charge in [0.05, 0.1) is 24.9 Å². The van der Waals surface area contributed by atoms with Crippen molar-refractivity contribution in [3.63, 3.8) is 0 Å². The average molecular weight is 494 g/mol. The second kappa shape index (κ2) is 7.36. The molecule has 36 heavy (non-hydrogen) atoms. The Balaban J connectivity index is 1.29. The van der Waals surface area contributed by atoms with E-state index in [0.29, 0.717) is 29.6 Å². The van der Waals surface area contributed by atoms with Gasteiger partial charge in [-0.05, 0) is 91.7 Å². The Kier molecular flexibility index (Phi) is 4.75. The van der Waals surface area contributed by atoms with Gasteiger partial charge in [-0.3, -0.25) is 4.90 Å². The van der Waals surface area contributed by atoms with Gasteiger partial charge in [-0.2, -0.15) is 0 Å². The molecule has 0 amide bonds. The third-order valence-corrected chi connectivity index (χ3v) is 12.1. The Morgan fingerprint density at radius 2 is 1.94 bits per heavy atom. The first kappa shape index (κ1) is 23.2. The molecule has 11 atom stereocenters. The number of carbonyl (C=O) groups excluding carboxylic acids is 1. The lowest BCUT2D eigenvalue weighted by Gasteiger charge is -2.65. The largest absolute Gasteiger partial charge is 0.497 e. The fraction of sp³-hybridized carbons (Fsp3) is 0.700. The van der Waals surface area contributed by atoms with E-state index in [1.54, 1.807) is 31.4 Å². The SMILES string of the molecule is C=C1[C@H]2C[C@@]3([C@@H]1O)[C@@H](C[C@@H]2OC(=O)c1ccc(OC)cc1)[C@@]12[C@@H]4[C@@H]3C[C@@H]1[C@@](C)(CC[C@@H]2O)CN4CC. The second-order valence-electron chi connectivity index (χ2n) is 13.0. The van der Waals surface area contributed by atoms with Crippen LogP contribution >= 0.6 is 0 Å². The molecule has 5 saturated carbocycles. The Bertz CT molecular complexity index is 1120. The molecule has 7 rings (SSSR count). The molecule has 1 heterocycles. The van der Waals surface area contributed by atoms with Crippen LogP contribution in [-0.4, -0.2) is 65.6 Å². The van der Waals surface area contributed by atoms with Gasteiger partial charge in [0, 0.05) is 29.3 Å². The molecule has 0 unspecified atom stereocenters. The fourth-order valence-corrected chi connectivity index (χ4v) is 11.0. The molecular formula is C30H39NO5. The molecule has 2 N–H and O–H groups in total. The van der Waals surface area contributed by atoms with E-state index in [-0.39, 0.29) is 52.3 Å². The molecule has 194 valence electrons. The van der Waals surface area contributed by atoms with Crippen LogP contribution in [0.5, 0.6) is 5.75 Å². The first-order chi connectivity index (χ1) is 17.2. The van der Waals surface area contributed by atoms with Crippen molar-refractivity contribution in [2.45, 2.75) is 70.3 Å². The van der Waals surface area contributed by atoms with Gasteiger partial charge in [0.2, 0.25) is 0 Å². The highest BCUT2D eigenvalue weighted by Crippen LogP contribution is 2.83. The topological polar surface area (TPSA) is 79.2 Å². The van der Waals surface area contributed by atoms with Crippen molar-refractivity contribution in [3.05, 3.63) is 42.0 Å². The van der Waals surface area contributed by atoms with Crippen LogP contribution in [0.25, 0.3) is 0 Å². The van der Waals surface area contributed by atoms with Gasteiger partial charge in [0.15, 0.2) is 0 Å². The molecule has 6 aliphatic rings.